The van der Waals surface area contributed by atoms with Gasteiger partial charge in [-0.1, -0.05) is 12.1 Å². The van der Waals surface area contributed by atoms with Crippen LogP contribution in [0.5, 0.6) is 11.5 Å². The number of fused-ring (bicyclic) bond motifs is 1. The number of ether oxygens (including phenoxy) is 2. The lowest BCUT2D eigenvalue weighted by Gasteiger charge is -2.17. The molecule has 28 heavy (non-hydrogen) atoms. The molecule has 0 saturated heterocycles. The maximum Gasteiger partial charge on any atom is 0.286 e. The minimum atomic E-state index is -0.597. The molecule has 3 aromatic rings. The van der Waals surface area contributed by atoms with E-state index in [2.05, 4.69) is 4.98 Å². The highest BCUT2D eigenvalue weighted by Gasteiger charge is 2.27. The summed E-state index contributed by atoms with van der Waals surface area (Å²) in [4.78, 5) is 29.7. The van der Waals surface area contributed by atoms with Crippen molar-refractivity contribution >= 4 is 33.1 Å². The molecule has 1 heterocycles. The molecule has 0 saturated carbocycles. The number of hydrogen-bond donors (Lipinski definition) is 0. The van der Waals surface area contributed by atoms with E-state index in [9.17, 15) is 14.9 Å². The normalized spacial score (nSPS) is 10.7. The zero-order valence-electron chi connectivity index (χ0n) is 15.7. The smallest absolute Gasteiger partial charge is 0.286 e. The van der Waals surface area contributed by atoms with Gasteiger partial charge in [-0.2, -0.15) is 0 Å². The fraction of sp³-hybridized carbons (Fsp3) is 0.263. The molecule has 8 nitrogen and oxygen atoms in total. The zero-order chi connectivity index (χ0) is 20.3. The van der Waals surface area contributed by atoms with Gasteiger partial charge in [-0.25, -0.2) is 4.98 Å². The predicted octanol–water partition coefficient (Wildman–Crippen LogP) is 3.88. The van der Waals surface area contributed by atoms with Crippen molar-refractivity contribution in [1.82, 2.24) is 9.88 Å². The Bertz CT molecular complexity index is 1000. The van der Waals surface area contributed by atoms with E-state index in [-0.39, 0.29) is 29.3 Å². The van der Waals surface area contributed by atoms with Gasteiger partial charge in [0.1, 0.15) is 10.6 Å². The number of nitro benzene ring substituents is 1. The molecule has 9 heteroatoms. The van der Waals surface area contributed by atoms with Crippen LogP contribution < -0.4 is 9.47 Å². The Labute approximate surface area is 165 Å². The van der Waals surface area contributed by atoms with Crippen LogP contribution >= 0.6 is 11.3 Å². The van der Waals surface area contributed by atoms with Gasteiger partial charge in [0, 0.05) is 13.1 Å². The molecule has 3 rings (SSSR count). The van der Waals surface area contributed by atoms with Crippen LogP contribution in [0.4, 0.5) is 5.69 Å². The van der Waals surface area contributed by atoms with E-state index < -0.39 is 10.8 Å². The van der Waals surface area contributed by atoms with E-state index in [1.807, 2.05) is 24.3 Å². The summed E-state index contributed by atoms with van der Waals surface area (Å²) >= 11 is 1.48. The number of hydrogen-bond acceptors (Lipinski definition) is 7. The molecular weight excluding hydrogens is 382 g/mol. The molecule has 0 aliphatic heterocycles. The van der Waals surface area contributed by atoms with Crippen molar-refractivity contribution in [2.45, 2.75) is 13.5 Å². The monoisotopic (exact) mass is 401 g/mol. The van der Waals surface area contributed by atoms with Gasteiger partial charge in [0.15, 0.2) is 11.5 Å². The number of methoxy groups -OCH3 is 1. The summed E-state index contributed by atoms with van der Waals surface area (Å²) in [6.07, 6.45) is 0. The summed E-state index contributed by atoms with van der Waals surface area (Å²) < 4.78 is 11.6. The number of nitrogens with zero attached hydrogens (tertiary/aromatic N) is 3. The molecule has 0 bridgehead atoms. The molecule has 0 fully saturated rings. The first kappa shape index (κ1) is 19.6. The Morgan fingerprint density at radius 2 is 2.04 bits per heavy atom. The first-order valence-corrected chi connectivity index (χ1v) is 9.35. The summed E-state index contributed by atoms with van der Waals surface area (Å²) in [5.74, 6) is -0.00133. The zero-order valence-corrected chi connectivity index (χ0v) is 16.5. The Morgan fingerprint density at radius 3 is 2.68 bits per heavy atom. The van der Waals surface area contributed by atoms with Crippen LogP contribution in [0.2, 0.25) is 0 Å². The number of carbonyl (C=O) groups excluding carboxylic acids is 1. The van der Waals surface area contributed by atoms with Gasteiger partial charge in [-0.05, 0) is 19.1 Å². The Morgan fingerprint density at radius 1 is 1.29 bits per heavy atom. The fourth-order valence-corrected chi connectivity index (χ4v) is 3.79. The molecule has 146 valence electrons. The van der Waals surface area contributed by atoms with Crippen LogP contribution in [0.1, 0.15) is 22.3 Å². The SMILES string of the molecule is CCOc1cc([N+](=O)[O-])c(C(=O)N(C)Cc2nc3ccccc3s2)cc1OC. The number of nitro groups is 1. The van der Waals surface area contributed by atoms with Crippen molar-refractivity contribution in [3.63, 3.8) is 0 Å². The highest BCUT2D eigenvalue weighted by molar-refractivity contribution is 7.18. The molecule has 2 aromatic carbocycles. The Balaban J connectivity index is 1.92. The number of rotatable bonds is 7. The third kappa shape index (κ3) is 3.89. The van der Waals surface area contributed by atoms with Crippen LogP contribution in [0.15, 0.2) is 36.4 Å². The minimum Gasteiger partial charge on any atom is -0.493 e. The second-order valence-electron chi connectivity index (χ2n) is 5.95. The molecule has 0 atom stereocenters. The van der Waals surface area contributed by atoms with Crippen LogP contribution in [0, 0.1) is 10.1 Å². The Kier molecular flexibility index (Phi) is 5.74. The fourth-order valence-electron chi connectivity index (χ4n) is 2.77. The molecule has 0 spiro atoms. The molecular formula is C19H19N3O5S. The lowest BCUT2D eigenvalue weighted by molar-refractivity contribution is -0.385. The average molecular weight is 401 g/mol. The first-order valence-electron chi connectivity index (χ1n) is 8.53. The van der Waals surface area contributed by atoms with Crippen molar-refractivity contribution in [2.24, 2.45) is 0 Å². The van der Waals surface area contributed by atoms with Gasteiger partial charge in [0.2, 0.25) is 0 Å². The Hall–Kier alpha value is -3.20. The predicted molar refractivity (Wildman–Crippen MR) is 106 cm³/mol. The van der Waals surface area contributed by atoms with Gasteiger partial charge in [0.05, 0.1) is 41.5 Å². The topological polar surface area (TPSA) is 94.8 Å². The summed E-state index contributed by atoms with van der Waals surface area (Å²) in [6.45, 7) is 2.32. The van der Waals surface area contributed by atoms with Gasteiger partial charge < -0.3 is 14.4 Å². The van der Waals surface area contributed by atoms with Gasteiger partial charge in [0.25, 0.3) is 11.6 Å². The quantitative estimate of drug-likeness (QED) is 0.440. The van der Waals surface area contributed by atoms with Crippen LogP contribution in [-0.2, 0) is 6.54 Å². The number of para-hydroxylation sites is 1. The van der Waals surface area contributed by atoms with Crippen molar-refractivity contribution in [1.29, 1.82) is 0 Å². The number of amides is 1. The van der Waals surface area contributed by atoms with Crippen LogP contribution in [0.25, 0.3) is 10.2 Å². The highest BCUT2D eigenvalue weighted by atomic mass is 32.1. The standard InChI is InChI=1S/C19H19N3O5S/c1-4-27-16-10-14(22(24)25)12(9-15(16)26-3)19(23)21(2)11-18-20-13-7-5-6-8-17(13)28-18/h5-10H,4,11H2,1-3H3. The summed E-state index contributed by atoms with van der Waals surface area (Å²) in [5, 5.41) is 12.3. The van der Waals surface area contributed by atoms with Crippen LogP contribution in [0.3, 0.4) is 0 Å². The van der Waals surface area contributed by atoms with Gasteiger partial charge in [-0.15, -0.1) is 11.3 Å². The maximum atomic E-state index is 12.9. The summed E-state index contributed by atoms with van der Waals surface area (Å²) in [6, 6.07) is 10.3. The average Bonchev–Trinajstić information content (AvgIpc) is 3.09. The van der Waals surface area contributed by atoms with Crippen molar-refractivity contribution in [3.05, 3.63) is 57.1 Å². The molecule has 0 aliphatic rings. The third-order valence-electron chi connectivity index (χ3n) is 4.07. The summed E-state index contributed by atoms with van der Waals surface area (Å²) in [7, 11) is 3.00. The highest BCUT2D eigenvalue weighted by Crippen LogP contribution is 2.35. The number of carbonyl (C=O) groups is 1. The van der Waals surface area contributed by atoms with Crippen molar-refractivity contribution in [3.8, 4) is 11.5 Å². The van der Waals surface area contributed by atoms with E-state index in [1.54, 1.807) is 14.0 Å². The lowest BCUT2D eigenvalue weighted by Crippen LogP contribution is -2.27. The largest absolute Gasteiger partial charge is 0.493 e. The maximum absolute atomic E-state index is 12.9. The van der Waals surface area contributed by atoms with Gasteiger partial charge >= 0.3 is 0 Å². The summed E-state index contributed by atoms with van der Waals surface area (Å²) in [5.41, 5.74) is 0.469. The molecule has 0 unspecified atom stereocenters. The first-order chi connectivity index (χ1) is 13.4. The molecule has 0 aliphatic carbocycles. The second kappa shape index (κ2) is 8.22. The van der Waals surface area contributed by atoms with Gasteiger partial charge in [-0.3, -0.25) is 14.9 Å². The van der Waals surface area contributed by atoms with Crippen molar-refractivity contribution < 1.29 is 19.2 Å². The number of benzene rings is 2. The van der Waals surface area contributed by atoms with E-state index in [4.69, 9.17) is 9.47 Å². The second-order valence-corrected chi connectivity index (χ2v) is 7.06. The number of aromatic nitrogens is 1. The van der Waals surface area contributed by atoms with E-state index in [0.717, 1.165) is 15.2 Å². The van der Waals surface area contributed by atoms with Crippen LogP contribution in [-0.4, -0.2) is 41.5 Å². The lowest BCUT2D eigenvalue weighted by atomic mass is 10.1. The molecule has 1 aromatic heterocycles. The molecule has 0 N–H and O–H groups in total. The van der Waals surface area contributed by atoms with E-state index in [0.29, 0.717) is 6.61 Å². The molecule has 1 amide bonds. The third-order valence-corrected chi connectivity index (χ3v) is 5.09. The number of thiazole rings is 1. The van der Waals surface area contributed by atoms with Crippen molar-refractivity contribution in [2.75, 3.05) is 20.8 Å². The minimum absolute atomic E-state index is 0.0612. The van der Waals surface area contributed by atoms with E-state index in [1.165, 1.54) is 35.5 Å². The van der Waals surface area contributed by atoms with E-state index >= 15 is 0 Å². The molecule has 0 radical (unpaired) electrons.